The summed E-state index contributed by atoms with van der Waals surface area (Å²) in [7, 11) is 1.71. The molecule has 11 nitrogen and oxygen atoms in total. The number of carbonyl (C=O) groups is 2. The number of fused-ring (bicyclic) bond motifs is 1. The Labute approximate surface area is 208 Å². The van der Waals surface area contributed by atoms with Gasteiger partial charge in [0.2, 0.25) is 12.1 Å². The van der Waals surface area contributed by atoms with E-state index in [0.29, 0.717) is 17.3 Å². The lowest BCUT2D eigenvalue weighted by atomic mass is 9.83. The molecular formula is C25H29N9O2. The van der Waals surface area contributed by atoms with Crippen LogP contribution in [0.15, 0.2) is 47.5 Å². The fourth-order valence-corrected chi connectivity index (χ4v) is 5.02. The molecule has 186 valence electrons. The van der Waals surface area contributed by atoms with E-state index in [-0.39, 0.29) is 11.8 Å². The Balaban J connectivity index is 1.60. The molecule has 3 amide bonds. The maximum absolute atomic E-state index is 13.8. The van der Waals surface area contributed by atoms with Crippen LogP contribution in [0, 0.1) is 12.8 Å². The largest absolute Gasteiger partial charge is 0.351 e. The predicted molar refractivity (Wildman–Crippen MR) is 137 cm³/mol. The second-order valence-electron chi connectivity index (χ2n) is 9.22. The van der Waals surface area contributed by atoms with Gasteiger partial charge in [-0.05, 0) is 54.0 Å². The highest BCUT2D eigenvalue weighted by Crippen LogP contribution is 2.35. The Morgan fingerprint density at radius 1 is 1.17 bits per heavy atom. The summed E-state index contributed by atoms with van der Waals surface area (Å²) >= 11 is 0. The number of aliphatic imine (C=N–C) groups is 1. The average Bonchev–Trinajstić information content (AvgIpc) is 3.37. The summed E-state index contributed by atoms with van der Waals surface area (Å²) in [5, 5.41) is 16.7. The van der Waals surface area contributed by atoms with Gasteiger partial charge in [-0.3, -0.25) is 14.7 Å². The number of primary amides is 1. The monoisotopic (exact) mass is 487 g/mol. The summed E-state index contributed by atoms with van der Waals surface area (Å²) in [5.41, 5.74) is 10.5. The highest BCUT2D eigenvalue weighted by Gasteiger charge is 2.38. The van der Waals surface area contributed by atoms with Crippen LogP contribution in [-0.4, -0.2) is 51.5 Å². The molecule has 1 saturated carbocycles. The third kappa shape index (κ3) is 4.39. The Bertz CT molecular complexity index is 1300. The number of benzodiazepines with no additional fused rings is 1. The van der Waals surface area contributed by atoms with Gasteiger partial charge in [0.25, 0.3) is 5.91 Å². The summed E-state index contributed by atoms with van der Waals surface area (Å²) in [6.07, 6.45) is 4.28. The number of aryl methyl sites for hydroxylation is 1. The zero-order valence-electron chi connectivity index (χ0n) is 20.3. The molecule has 2 heterocycles. The molecule has 5 rings (SSSR count). The minimum atomic E-state index is -1.14. The highest BCUT2D eigenvalue weighted by molar-refractivity contribution is 6.15. The van der Waals surface area contributed by atoms with E-state index < -0.39 is 12.2 Å². The van der Waals surface area contributed by atoms with Crippen LogP contribution < -0.4 is 20.9 Å². The second-order valence-corrected chi connectivity index (χ2v) is 9.22. The molecule has 0 unspecified atom stereocenters. The van der Waals surface area contributed by atoms with E-state index in [2.05, 4.69) is 25.9 Å². The van der Waals surface area contributed by atoms with Crippen molar-refractivity contribution in [1.29, 1.82) is 0 Å². The van der Waals surface area contributed by atoms with Crippen LogP contribution in [0.3, 0.4) is 0 Å². The molecule has 4 N–H and O–H groups in total. The quantitative estimate of drug-likeness (QED) is 0.502. The molecule has 1 atom stereocenters. The molecule has 0 bridgehead atoms. The highest BCUT2D eigenvalue weighted by atomic mass is 16.2. The van der Waals surface area contributed by atoms with Gasteiger partial charge in [-0.1, -0.05) is 48.6 Å². The standard InChI is InChI=1S/C25H29N9O2/c1-15-12-13-17(14-19(15)27-25-29-31-32-30-25)34(24(26)36)22-23(35)33(2)20-11-7-6-10-18(20)21(28-22)16-8-4-3-5-9-16/h6-7,10-14,16,22H,3-5,8-9H2,1-2H3,(H2,26,36)(H2,27,29,30,31,32)/t22-/m1/s1. The lowest BCUT2D eigenvalue weighted by molar-refractivity contribution is -0.119. The Morgan fingerprint density at radius 2 is 1.94 bits per heavy atom. The average molecular weight is 488 g/mol. The van der Waals surface area contributed by atoms with Gasteiger partial charge in [-0.2, -0.15) is 0 Å². The number of nitrogens with two attached hydrogens (primary N) is 1. The topological polar surface area (TPSA) is 145 Å². The van der Waals surface area contributed by atoms with Crippen molar-refractivity contribution in [3.8, 4) is 0 Å². The van der Waals surface area contributed by atoms with Crippen molar-refractivity contribution in [1.82, 2.24) is 20.6 Å². The lowest BCUT2D eigenvalue weighted by Gasteiger charge is -2.29. The number of aromatic nitrogens is 4. The Kier molecular flexibility index (Phi) is 6.36. The first kappa shape index (κ1) is 23.5. The van der Waals surface area contributed by atoms with Crippen molar-refractivity contribution in [2.24, 2.45) is 16.6 Å². The van der Waals surface area contributed by atoms with Crippen LogP contribution in [0.4, 0.5) is 27.8 Å². The number of hydrogen-bond acceptors (Lipinski definition) is 7. The van der Waals surface area contributed by atoms with Gasteiger partial charge in [0, 0.05) is 24.2 Å². The molecular weight excluding hydrogens is 458 g/mol. The predicted octanol–water partition coefficient (Wildman–Crippen LogP) is 3.51. The molecule has 2 aliphatic rings. The third-order valence-corrected chi connectivity index (χ3v) is 6.93. The van der Waals surface area contributed by atoms with Crippen molar-refractivity contribution < 1.29 is 9.59 Å². The van der Waals surface area contributed by atoms with Crippen LogP contribution in [-0.2, 0) is 4.79 Å². The maximum Gasteiger partial charge on any atom is 0.321 e. The molecule has 1 aliphatic heterocycles. The number of hydrogen-bond donors (Lipinski definition) is 3. The van der Waals surface area contributed by atoms with E-state index in [1.54, 1.807) is 24.1 Å². The zero-order chi connectivity index (χ0) is 25.2. The number of benzene rings is 2. The summed E-state index contributed by atoms with van der Waals surface area (Å²) in [5.74, 6) is 0.228. The van der Waals surface area contributed by atoms with E-state index in [9.17, 15) is 9.59 Å². The number of rotatable bonds is 5. The van der Waals surface area contributed by atoms with Gasteiger partial charge in [0.1, 0.15) is 0 Å². The van der Waals surface area contributed by atoms with Gasteiger partial charge in [-0.25, -0.2) is 9.89 Å². The third-order valence-electron chi connectivity index (χ3n) is 6.93. The molecule has 11 heteroatoms. The Hall–Kier alpha value is -4.28. The number of amides is 3. The summed E-state index contributed by atoms with van der Waals surface area (Å²) in [6, 6.07) is 12.3. The van der Waals surface area contributed by atoms with Crippen LogP contribution in [0.1, 0.15) is 43.2 Å². The minimum Gasteiger partial charge on any atom is -0.351 e. The van der Waals surface area contributed by atoms with Crippen LogP contribution in [0.2, 0.25) is 0 Å². The van der Waals surface area contributed by atoms with E-state index in [0.717, 1.165) is 48.2 Å². The lowest BCUT2D eigenvalue weighted by Crippen LogP contribution is -2.51. The SMILES string of the molecule is Cc1ccc(N(C(N)=O)[C@H]2N=C(C3CCCCC3)c3ccccc3N(C)C2=O)cc1Nc1nnn[nH]1. The Morgan fingerprint density at radius 3 is 2.67 bits per heavy atom. The minimum absolute atomic E-state index is 0.214. The van der Waals surface area contributed by atoms with E-state index in [1.807, 2.05) is 37.3 Å². The molecule has 1 aromatic heterocycles. The van der Waals surface area contributed by atoms with Crippen molar-refractivity contribution in [3.05, 3.63) is 53.6 Å². The first-order valence-electron chi connectivity index (χ1n) is 12.1. The van der Waals surface area contributed by atoms with Crippen LogP contribution >= 0.6 is 0 Å². The second kappa shape index (κ2) is 9.76. The van der Waals surface area contributed by atoms with Crippen LogP contribution in [0.5, 0.6) is 0 Å². The molecule has 0 radical (unpaired) electrons. The smallest absolute Gasteiger partial charge is 0.321 e. The molecule has 1 aliphatic carbocycles. The molecule has 3 aromatic rings. The number of anilines is 4. The van der Waals surface area contributed by atoms with Gasteiger partial charge in [0.05, 0.1) is 17.1 Å². The molecule has 0 spiro atoms. The maximum atomic E-state index is 13.8. The van der Waals surface area contributed by atoms with Gasteiger partial charge in [0.15, 0.2) is 0 Å². The number of carbonyl (C=O) groups excluding carboxylic acids is 2. The zero-order valence-corrected chi connectivity index (χ0v) is 20.3. The van der Waals surface area contributed by atoms with Gasteiger partial charge in [-0.15, -0.1) is 0 Å². The number of urea groups is 1. The van der Waals surface area contributed by atoms with Gasteiger partial charge >= 0.3 is 6.03 Å². The van der Waals surface area contributed by atoms with Crippen molar-refractivity contribution in [3.63, 3.8) is 0 Å². The summed E-state index contributed by atoms with van der Waals surface area (Å²) in [6.45, 7) is 1.91. The summed E-state index contributed by atoms with van der Waals surface area (Å²) in [4.78, 5) is 34.5. The first-order chi connectivity index (χ1) is 17.4. The fourth-order valence-electron chi connectivity index (χ4n) is 5.02. The number of likely N-dealkylation sites (N-methyl/N-ethyl adjacent to an activating group) is 1. The van der Waals surface area contributed by atoms with Gasteiger partial charge < -0.3 is 16.0 Å². The summed E-state index contributed by atoms with van der Waals surface area (Å²) < 4.78 is 0. The number of H-pyrrole nitrogens is 1. The van der Waals surface area contributed by atoms with E-state index >= 15 is 0 Å². The normalized spacial score (nSPS) is 18.3. The van der Waals surface area contributed by atoms with Crippen molar-refractivity contribution in [2.45, 2.75) is 45.2 Å². The fraction of sp³-hybridized carbons (Fsp3) is 0.360. The molecule has 1 fully saturated rings. The van der Waals surface area contributed by atoms with Crippen LogP contribution in [0.25, 0.3) is 0 Å². The number of nitrogens with one attached hydrogen (secondary N) is 2. The van der Waals surface area contributed by atoms with E-state index in [1.165, 1.54) is 11.3 Å². The van der Waals surface area contributed by atoms with Crippen molar-refractivity contribution >= 4 is 40.7 Å². The number of nitrogens with zero attached hydrogens (tertiary/aromatic N) is 6. The number of tetrazole rings is 1. The molecule has 2 aromatic carbocycles. The molecule has 0 saturated heterocycles. The molecule has 36 heavy (non-hydrogen) atoms. The first-order valence-corrected chi connectivity index (χ1v) is 12.1. The van der Waals surface area contributed by atoms with E-state index in [4.69, 9.17) is 10.7 Å². The number of para-hydroxylation sites is 1. The van der Waals surface area contributed by atoms with Crippen molar-refractivity contribution in [2.75, 3.05) is 22.2 Å². The number of aromatic amines is 1.